The van der Waals surface area contributed by atoms with E-state index in [1.54, 1.807) is 30.1 Å². The molecule has 5 nitrogen and oxygen atoms in total. The lowest BCUT2D eigenvalue weighted by atomic mass is 10.1. The molecule has 2 heterocycles. The van der Waals surface area contributed by atoms with Gasteiger partial charge in [-0.2, -0.15) is 0 Å². The van der Waals surface area contributed by atoms with Crippen LogP contribution in [0.4, 0.5) is 0 Å². The molecule has 0 aliphatic carbocycles. The van der Waals surface area contributed by atoms with Gasteiger partial charge >= 0.3 is 0 Å². The number of aliphatic hydroxyl groups is 1. The number of rotatable bonds is 6. The van der Waals surface area contributed by atoms with E-state index in [0.29, 0.717) is 30.4 Å². The number of thiophene rings is 1. The summed E-state index contributed by atoms with van der Waals surface area (Å²) < 4.78 is 5.65. The van der Waals surface area contributed by atoms with E-state index in [2.05, 4.69) is 4.98 Å². The van der Waals surface area contributed by atoms with Crippen molar-refractivity contribution in [3.63, 3.8) is 0 Å². The van der Waals surface area contributed by atoms with E-state index in [-0.39, 0.29) is 12.3 Å². The molecule has 0 radical (unpaired) electrons. The summed E-state index contributed by atoms with van der Waals surface area (Å²) in [6.07, 6.45) is 0.185. The second-order valence-electron chi connectivity index (χ2n) is 5.90. The molecule has 120 valence electrons. The standard InChI is InChI=1S/C16H22N2O3S/c1-5-18(10-16(3,4)20)14(19)9-12-11(2)21-15(17-12)13-7-6-8-22-13/h6-8,20H,5,9-10H2,1-4H3. The molecule has 2 aromatic heterocycles. The molecule has 0 saturated heterocycles. The number of hydrogen-bond donors (Lipinski definition) is 1. The van der Waals surface area contributed by atoms with Crippen LogP contribution in [-0.2, 0) is 11.2 Å². The van der Waals surface area contributed by atoms with Crippen LogP contribution in [0.3, 0.4) is 0 Å². The van der Waals surface area contributed by atoms with Crippen LogP contribution in [0, 0.1) is 6.92 Å². The number of aryl methyl sites for hydroxylation is 1. The largest absolute Gasteiger partial charge is 0.440 e. The van der Waals surface area contributed by atoms with E-state index in [9.17, 15) is 9.90 Å². The summed E-state index contributed by atoms with van der Waals surface area (Å²) in [6, 6.07) is 3.88. The number of likely N-dealkylation sites (N-methyl/N-ethyl adjacent to an activating group) is 1. The molecule has 0 unspecified atom stereocenters. The minimum atomic E-state index is -0.910. The van der Waals surface area contributed by atoms with Gasteiger partial charge in [-0.25, -0.2) is 4.98 Å². The lowest BCUT2D eigenvalue weighted by molar-refractivity contribution is -0.133. The Hall–Kier alpha value is -1.66. The number of carbonyl (C=O) groups is 1. The van der Waals surface area contributed by atoms with Crippen molar-refractivity contribution in [3.05, 3.63) is 29.0 Å². The van der Waals surface area contributed by atoms with E-state index in [0.717, 1.165) is 4.88 Å². The van der Waals surface area contributed by atoms with E-state index < -0.39 is 5.60 Å². The van der Waals surface area contributed by atoms with Crippen molar-refractivity contribution in [2.75, 3.05) is 13.1 Å². The average Bonchev–Trinajstić information content (AvgIpc) is 3.05. The van der Waals surface area contributed by atoms with Gasteiger partial charge in [0.1, 0.15) is 5.76 Å². The first-order valence-electron chi connectivity index (χ1n) is 7.30. The van der Waals surface area contributed by atoms with Crippen LogP contribution in [0.15, 0.2) is 21.9 Å². The van der Waals surface area contributed by atoms with Gasteiger partial charge in [-0.1, -0.05) is 6.07 Å². The third kappa shape index (κ3) is 4.18. The monoisotopic (exact) mass is 322 g/mol. The van der Waals surface area contributed by atoms with E-state index >= 15 is 0 Å². The molecular weight excluding hydrogens is 300 g/mol. The van der Waals surface area contributed by atoms with Crippen LogP contribution in [0.1, 0.15) is 32.2 Å². The number of nitrogens with zero attached hydrogens (tertiary/aromatic N) is 2. The summed E-state index contributed by atoms with van der Waals surface area (Å²) in [7, 11) is 0. The normalized spacial score (nSPS) is 11.7. The fraction of sp³-hybridized carbons (Fsp3) is 0.500. The average molecular weight is 322 g/mol. The summed E-state index contributed by atoms with van der Waals surface area (Å²) >= 11 is 1.55. The van der Waals surface area contributed by atoms with Crippen molar-refractivity contribution >= 4 is 17.2 Å². The number of aromatic nitrogens is 1. The molecule has 1 amide bonds. The molecule has 0 aliphatic heterocycles. The Kier molecular flexibility index (Phi) is 5.03. The number of oxazole rings is 1. The van der Waals surface area contributed by atoms with E-state index in [1.807, 2.05) is 31.4 Å². The molecule has 0 fully saturated rings. The van der Waals surface area contributed by atoms with E-state index in [4.69, 9.17) is 4.42 Å². The lowest BCUT2D eigenvalue weighted by Gasteiger charge is -2.28. The van der Waals surface area contributed by atoms with Crippen LogP contribution in [0.25, 0.3) is 10.8 Å². The Bertz CT molecular complexity index is 626. The van der Waals surface area contributed by atoms with Gasteiger partial charge in [0.15, 0.2) is 0 Å². The van der Waals surface area contributed by atoms with Gasteiger partial charge < -0.3 is 14.4 Å². The van der Waals surface area contributed by atoms with Gasteiger partial charge in [-0.3, -0.25) is 4.79 Å². The number of amides is 1. The SMILES string of the molecule is CCN(CC(C)(C)O)C(=O)Cc1nc(-c2cccs2)oc1C. The fourth-order valence-electron chi connectivity index (χ4n) is 2.20. The van der Waals surface area contributed by atoms with Gasteiger partial charge in [0.2, 0.25) is 11.8 Å². The Balaban J connectivity index is 2.11. The zero-order valence-corrected chi connectivity index (χ0v) is 14.2. The summed E-state index contributed by atoms with van der Waals surface area (Å²) in [5.41, 5.74) is -0.255. The van der Waals surface area contributed by atoms with Gasteiger partial charge in [-0.15, -0.1) is 11.3 Å². The molecule has 0 aliphatic rings. The second kappa shape index (κ2) is 6.62. The van der Waals surface area contributed by atoms with Gasteiger partial charge in [0.25, 0.3) is 0 Å². The molecule has 22 heavy (non-hydrogen) atoms. The van der Waals surface area contributed by atoms with E-state index in [1.165, 1.54) is 0 Å². The zero-order chi connectivity index (χ0) is 16.3. The minimum Gasteiger partial charge on any atom is -0.440 e. The first-order chi connectivity index (χ1) is 10.3. The molecule has 0 saturated carbocycles. The highest BCUT2D eigenvalue weighted by atomic mass is 32.1. The Morgan fingerprint density at radius 1 is 1.50 bits per heavy atom. The highest BCUT2D eigenvalue weighted by Gasteiger charge is 2.23. The third-order valence-electron chi connectivity index (χ3n) is 3.26. The fourth-order valence-corrected chi connectivity index (χ4v) is 2.85. The molecule has 2 rings (SSSR count). The van der Waals surface area contributed by atoms with Crippen LogP contribution in [0.2, 0.25) is 0 Å². The molecule has 2 aromatic rings. The first-order valence-corrected chi connectivity index (χ1v) is 8.18. The summed E-state index contributed by atoms with van der Waals surface area (Å²) in [5.74, 6) is 1.16. The first kappa shape index (κ1) is 16.7. The molecule has 0 aromatic carbocycles. The smallest absolute Gasteiger partial charge is 0.236 e. The summed E-state index contributed by atoms with van der Waals surface area (Å²) in [5, 5.41) is 11.9. The van der Waals surface area contributed by atoms with Crippen LogP contribution < -0.4 is 0 Å². The summed E-state index contributed by atoms with van der Waals surface area (Å²) in [4.78, 5) is 19.4. The van der Waals surface area contributed by atoms with Gasteiger partial charge in [0, 0.05) is 13.1 Å². The second-order valence-corrected chi connectivity index (χ2v) is 6.84. The Morgan fingerprint density at radius 2 is 2.23 bits per heavy atom. The third-order valence-corrected chi connectivity index (χ3v) is 4.11. The molecule has 1 N–H and O–H groups in total. The van der Waals surface area contributed by atoms with Crippen LogP contribution in [-0.4, -0.2) is 39.6 Å². The van der Waals surface area contributed by atoms with Gasteiger partial charge in [0.05, 0.1) is 22.6 Å². The Morgan fingerprint density at radius 3 is 2.77 bits per heavy atom. The van der Waals surface area contributed by atoms with Crippen molar-refractivity contribution in [3.8, 4) is 10.8 Å². The maximum Gasteiger partial charge on any atom is 0.236 e. The van der Waals surface area contributed by atoms with Crippen molar-refractivity contribution in [2.24, 2.45) is 0 Å². The lowest BCUT2D eigenvalue weighted by Crippen LogP contribution is -2.42. The van der Waals surface area contributed by atoms with Crippen LogP contribution in [0.5, 0.6) is 0 Å². The van der Waals surface area contributed by atoms with Crippen molar-refractivity contribution < 1.29 is 14.3 Å². The minimum absolute atomic E-state index is 0.0567. The molecule has 0 spiro atoms. The quantitative estimate of drug-likeness (QED) is 0.888. The number of hydrogen-bond acceptors (Lipinski definition) is 5. The zero-order valence-electron chi connectivity index (χ0n) is 13.4. The molecule has 0 atom stereocenters. The predicted octanol–water partition coefficient (Wildman–Crippen LogP) is 2.87. The van der Waals surface area contributed by atoms with Crippen molar-refractivity contribution in [2.45, 2.75) is 39.7 Å². The van der Waals surface area contributed by atoms with Crippen LogP contribution >= 0.6 is 11.3 Å². The molecule has 6 heteroatoms. The Labute approximate surface area is 134 Å². The summed E-state index contributed by atoms with van der Waals surface area (Å²) in [6.45, 7) is 7.96. The molecule has 0 bridgehead atoms. The predicted molar refractivity (Wildman–Crippen MR) is 86.8 cm³/mol. The van der Waals surface area contributed by atoms with Crippen molar-refractivity contribution in [1.29, 1.82) is 0 Å². The highest BCUT2D eigenvalue weighted by molar-refractivity contribution is 7.13. The highest BCUT2D eigenvalue weighted by Crippen LogP contribution is 2.26. The molecular formula is C16H22N2O3S. The maximum atomic E-state index is 12.4. The van der Waals surface area contributed by atoms with Crippen molar-refractivity contribution in [1.82, 2.24) is 9.88 Å². The number of carbonyl (C=O) groups excluding carboxylic acids is 1. The maximum absolute atomic E-state index is 12.4. The topological polar surface area (TPSA) is 66.6 Å². The van der Waals surface area contributed by atoms with Gasteiger partial charge in [-0.05, 0) is 39.1 Å².